The van der Waals surface area contributed by atoms with Crippen LogP contribution in [0, 0.1) is 0 Å². The molecule has 0 unspecified atom stereocenters. The summed E-state index contributed by atoms with van der Waals surface area (Å²) in [4.78, 5) is 32.8. The fourth-order valence-electron chi connectivity index (χ4n) is 3.79. The number of amides is 1. The molecule has 1 atom stereocenters. The molecule has 6 nitrogen and oxygen atoms in total. The molecule has 2 aromatic heterocycles. The van der Waals surface area contributed by atoms with E-state index in [0.29, 0.717) is 33.5 Å². The van der Waals surface area contributed by atoms with Crippen molar-refractivity contribution in [3.8, 4) is 5.75 Å². The Morgan fingerprint density at radius 1 is 1.23 bits per heavy atom. The molecular formula is C23H17ClN2O4S. The Morgan fingerprint density at radius 3 is 2.87 bits per heavy atom. The molecular weight excluding hydrogens is 436 g/mol. The van der Waals surface area contributed by atoms with Crippen molar-refractivity contribution in [1.29, 1.82) is 0 Å². The van der Waals surface area contributed by atoms with E-state index in [1.807, 2.05) is 31.2 Å². The number of nitrogens with zero attached hydrogens (tertiary/aromatic N) is 2. The molecule has 3 heterocycles. The van der Waals surface area contributed by atoms with Crippen molar-refractivity contribution in [2.75, 3.05) is 11.5 Å². The number of aromatic nitrogens is 1. The Kier molecular flexibility index (Phi) is 5.00. The number of thiazole rings is 1. The number of hydrogen-bond acceptors (Lipinski definition) is 6. The van der Waals surface area contributed by atoms with E-state index in [2.05, 4.69) is 4.98 Å². The minimum absolute atomic E-state index is 0.0277. The minimum Gasteiger partial charge on any atom is -0.494 e. The minimum atomic E-state index is -0.682. The highest BCUT2D eigenvalue weighted by Gasteiger charge is 2.44. The second kappa shape index (κ2) is 7.83. The average molecular weight is 453 g/mol. The van der Waals surface area contributed by atoms with Gasteiger partial charge in [0.15, 0.2) is 10.6 Å². The zero-order chi connectivity index (χ0) is 21.5. The van der Waals surface area contributed by atoms with Crippen LogP contribution in [-0.2, 0) is 0 Å². The molecule has 1 aliphatic rings. The van der Waals surface area contributed by atoms with E-state index < -0.39 is 11.9 Å². The molecule has 5 rings (SSSR count). The summed E-state index contributed by atoms with van der Waals surface area (Å²) in [6.07, 6.45) is 2.50. The molecule has 1 amide bonds. The molecule has 0 aliphatic carbocycles. The standard InChI is InChI=1S/C23H17ClN2O4S/c1-2-9-29-15-5-3-4-13(11-15)19-18-20(27)16-12-14(24)6-7-17(16)30-21(18)22(28)26(19)23-25-8-10-31-23/h3-8,10-12,19H,2,9H2,1H3/t19-/m0/s1. The Morgan fingerprint density at radius 2 is 2.10 bits per heavy atom. The molecule has 31 heavy (non-hydrogen) atoms. The van der Waals surface area contributed by atoms with Gasteiger partial charge in [-0.15, -0.1) is 11.3 Å². The summed E-state index contributed by atoms with van der Waals surface area (Å²) in [5.74, 6) is 0.302. The highest BCUT2D eigenvalue weighted by atomic mass is 35.5. The summed E-state index contributed by atoms with van der Waals surface area (Å²) < 4.78 is 11.7. The van der Waals surface area contributed by atoms with E-state index in [9.17, 15) is 9.59 Å². The molecule has 0 N–H and O–H groups in total. The van der Waals surface area contributed by atoms with Crippen LogP contribution in [0.3, 0.4) is 0 Å². The van der Waals surface area contributed by atoms with E-state index in [1.165, 1.54) is 16.2 Å². The van der Waals surface area contributed by atoms with Gasteiger partial charge in [0.05, 0.1) is 23.6 Å². The zero-order valence-electron chi connectivity index (χ0n) is 16.5. The third kappa shape index (κ3) is 3.30. The predicted octanol–water partition coefficient (Wildman–Crippen LogP) is 5.44. The number of benzene rings is 2. The lowest BCUT2D eigenvalue weighted by Crippen LogP contribution is -2.29. The zero-order valence-corrected chi connectivity index (χ0v) is 18.1. The van der Waals surface area contributed by atoms with E-state index in [1.54, 1.807) is 29.8 Å². The largest absolute Gasteiger partial charge is 0.494 e. The fraction of sp³-hybridized carbons (Fsp3) is 0.174. The maximum absolute atomic E-state index is 13.5. The van der Waals surface area contributed by atoms with Gasteiger partial charge in [-0.25, -0.2) is 4.98 Å². The van der Waals surface area contributed by atoms with Crippen LogP contribution in [-0.4, -0.2) is 17.5 Å². The van der Waals surface area contributed by atoms with Crippen molar-refractivity contribution in [2.45, 2.75) is 19.4 Å². The summed E-state index contributed by atoms with van der Waals surface area (Å²) in [5.41, 5.74) is 1.06. The summed E-state index contributed by atoms with van der Waals surface area (Å²) in [5, 5.41) is 3.04. The first-order valence-electron chi connectivity index (χ1n) is 9.80. The van der Waals surface area contributed by atoms with Crippen LogP contribution in [0.15, 0.2) is 63.3 Å². The van der Waals surface area contributed by atoms with Gasteiger partial charge in [-0.05, 0) is 42.3 Å². The summed E-state index contributed by atoms with van der Waals surface area (Å²) >= 11 is 7.44. The Hall–Kier alpha value is -3.16. The van der Waals surface area contributed by atoms with Crippen LogP contribution >= 0.6 is 22.9 Å². The maximum Gasteiger partial charge on any atom is 0.297 e. The first-order chi connectivity index (χ1) is 15.1. The SMILES string of the molecule is CCCOc1cccc([C@H]2c3c(oc4ccc(Cl)cc4c3=O)C(=O)N2c2nccs2)c1. The van der Waals surface area contributed by atoms with E-state index in [4.69, 9.17) is 20.8 Å². The van der Waals surface area contributed by atoms with Gasteiger partial charge < -0.3 is 9.15 Å². The van der Waals surface area contributed by atoms with Crippen molar-refractivity contribution >= 4 is 44.9 Å². The number of halogens is 1. The molecule has 0 bridgehead atoms. The molecule has 156 valence electrons. The monoisotopic (exact) mass is 452 g/mol. The third-order valence-electron chi connectivity index (χ3n) is 5.10. The van der Waals surface area contributed by atoms with Gasteiger partial charge >= 0.3 is 0 Å². The Balaban J connectivity index is 1.75. The first-order valence-corrected chi connectivity index (χ1v) is 11.1. The molecule has 0 fully saturated rings. The van der Waals surface area contributed by atoms with Crippen molar-refractivity contribution in [3.05, 3.63) is 86.2 Å². The van der Waals surface area contributed by atoms with Crippen LogP contribution in [0.4, 0.5) is 5.13 Å². The summed E-state index contributed by atoms with van der Waals surface area (Å²) in [6, 6.07) is 11.5. The van der Waals surface area contributed by atoms with Crippen LogP contribution in [0.25, 0.3) is 11.0 Å². The first kappa shape index (κ1) is 19.8. The lowest BCUT2D eigenvalue weighted by atomic mass is 9.98. The molecule has 1 aliphatic heterocycles. The molecule has 0 saturated heterocycles. The van der Waals surface area contributed by atoms with Crippen molar-refractivity contribution in [3.63, 3.8) is 0 Å². The maximum atomic E-state index is 13.5. The van der Waals surface area contributed by atoms with Crippen molar-refractivity contribution in [1.82, 2.24) is 4.98 Å². The van der Waals surface area contributed by atoms with Crippen molar-refractivity contribution in [2.24, 2.45) is 0 Å². The fourth-order valence-corrected chi connectivity index (χ4v) is 4.63. The van der Waals surface area contributed by atoms with Gasteiger partial charge in [0.25, 0.3) is 5.91 Å². The smallest absolute Gasteiger partial charge is 0.297 e. The number of ether oxygens (including phenoxy) is 1. The average Bonchev–Trinajstić information content (AvgIpc) is 3.40. The molecule has 4 aromatic rings. The molecule has 0 spiro atoms. The number of anilines is 1. The number of rotatable bonds is 5. The summed E-state index contributed by atoms with van der Waals surface area (Å²) in [6.45, 7) is 2.60. The quantitative estimate of drug-likeness (QED) is 0.403. The number of fused-ring (bicyclic) bond motifs is 2. The van der Waals surface area contributed by atoms with Gasteiger partial charge in [0.2, 0.25) is 5.76 Å². The molecule has 8 heteroatoms. The van der Waals surface area contributed by atoms with E-state index in [-0.39, 0.29) is 16.8 Å². The molecule has 2 aromatic carbocycles. The normalized spacial score (nSPS) is 15.5. The Labute approximate surface area is 186 Å². The highest BCUT2D eigenvalue weighted by Crippen LogP contribution is 2.42. The lowest BCUT2D eigenvalue weighted by molar-refractivity contribution is 0.0971. The van der Waals surface area contributed by atoms with Gasteiger partial charge in [-0.2, -0.15) is 0 Å². The highest BCUT2D eigenvalue weighted by molar-refractivity contribution is 7.13. The van der Waals surface area contributed by atoms with Crippen LogP contribution < -0.4 is 15.1 Å². The predicted molar refractivity (Wildman–Crippen MR) is 120 cm³/mol. The topological polar surface area (TPSA) is 72.6 Å². The van der Waals surface area contributed by atoms with Crippen LogP contribution in [0.2, 0.25) is 5.02 Å². The van der Waals surface area contributed by atoms with Gasteiger partial charge in [-0.3, -0.25) is 14.5 Å². The van der Waals surface area contributed by atoms with Gasteiger partial charge in [0, 0.05) is 16.6 Å². The second-order valence-corrected chi connectivity index (χ2v) is 8.44. The van der Waals surface area contributed by atoms with Crippen LogP contribution in [0.5, 0.6) is 5.75 Å². The number of carbonyl (C=O) groups excluding carboxylic acids is 1. The summed E-state index contributed by atoms with van der Waals surface area (Å²) in [7, 11) is 0. The van der Waals surface area contributed by atoms with Crippen LogP contribution in [0.1, 0.15) is 41.1 Å². The van der Waals surface area contributed by atoms with E-state index >= 15 is 0 Å². The second-order valence-electron chi connectivity index (χ2n) is 7.13. The lowest BCUT2D eigenvalue weighted by Gasteiger charge is -2.23. The molecule has 0 radical (unpaired) electrons. The molecule has 0 saturated carbocycles. The van der Waals surface area contributed by atoms with E-state index in [0.717, 1.165) is 12.0 Å². The number of carbonyl (C=O) groups is 1. The van der Waals surface area contributed by atoms with Gasteiger partial charge in [0.1, 0.15) is 11.3 Å². The van der Waals surface area contributed by atoms with Gasteiger partial charge in [-0.1, -0.05) is 30.7 Å². The van der Waals surface area contributed by atoms with Crippen molar-refractivity contribution < 1.29 is 13.9 Å². The number of hydrogen-bond donors (Lipinski definition) is 0. The third-order valence-corrected chi connectivity index (χ3v) is 6.11. The Bertz CT molecular complexity index is 1350.